The first-order chi connectivity index (χ1) is 8.04. The summed E-state index contributed by atoms with van der Waals surface area (Å²) < 4.78 is 6.53. The molecule has 17 heavy (non-hydrogen) atoms. The first-order valence-electron chi connectivity index (χ1n) is 5.20. The highest BCUT2D eigenvalue weighted by molar-refractivity contribution is 5.73. The molecule has 1 aromatic heterocycles. The van der Waals surface area contributed by atoms with Crippen molar-refractivity contribution in [3.05, 3.63) is 34.3 Å². The van der Waals surface area contributed by atoms with Crippen LogP contribution in [0.4, 0.5) is 0 Å². The number of aromatic nitrogens is 1. The lowest BCUT2D eigenvalue weighted by Gasteiger charge is -2.16. The predicted molar refractivity (Wildman–Crippen MR) is 63.5 cm³/mol. The van der Waals surface area contributed by atoms with Gasteiger partial charge in [0.2, 0.25) is 0 Å². The number of fused-ring (bicyclic) bond motifs is 1. The Morgan fingerprint density at radius 3 is 2.76 bits per heavy atom. The number of hydrogen-bond acceptors (Lipinski definition) is 4. The SMILES string of the molecule is CN(C)C(C#N)c1ccc2c(c1)oc(=O)n2C. The van der Waals surface area contributed by atoms with E-state index in [0.29, 0.717) is 5.58 Å². The van der Waals surface area contributed by atoms with E-state index in [4.69, 9.17) is 9.68 Å². The van der Waals surface area contributed by atoms with Gasteiger partial charge in [-0.05, 0) is 31.8 Å². The average molecular weight is 231 g/mol. The second-order valence-electron chi connectivity index (χ2n) is 4.15. The number of hydrogen-bond donors (Lipinski definition) is 0. The summed E-state index contributed by atoms with van der Waals surface area (Å²) in [6.45, 7) is 0. The van der Waals surface area contributed by atoms with Crippen molar-refractivity contribution in [1.29, 1.82) is 5.26 Å². The smallest absolute Gasteiger partial charge is 0.408 e. The van der Waals surface area contributed by atoms with E-state index in [1.807, 2.05) is 25.1 Å². The second-order valence-corrected chi connectivity index (χ2v) is 4.15. The van der Waals surface area contributed by atoms with E-state index < -0.39 is 5.76 Å². The molecule has 0 bridgehead atoms. The Morgan fingerprint density at radius 2 is 2.18 bits per heavy atom. The Morgan fingerprint density at radius 1 is 1.47 bits per heavy atom. The molecular weight excluding hydrogens is 218 g/mol. The molecule has 1 heterocycles. The molecule has 5 heteroatoms. The van der Waals surface area contributed by atoms with Gasteiger partial charge in [-0.3, -0.25) is 9.47 Å². The van der Waals surface area contributed by atoms with E-state index in [2.05, 4.69) is 6.07 Å². The van der Waals surface area contributed by atoms with Crippen molar-refractivity contribution in [2.24, 2.45) is 7.05 Å². The van der Waals surface area contributed by atoms with Gasteiger partial charge in [-0.25, -0.2) is 4.79 Å². The van der Waals surface area contributed by atoms with E-state index in [1.165, 1.54) is 4.57 Å². The summed E-state index contributed by atoms with van der Waals surface area (Å²) in [6, 6.07) is 7.23. The molecule has 0 N–H and O–H groups in total. The minimum atomic E-state index is -0.393. The standard InChI is InChI=1S/C12H13N3O2/c1-14(2)10(7-13)8-4-5-9-11(6-8)17-12(16)15(9)3/h4-6,10H,1-3H3. The monoisotopic (exact) mass is 231 g/mol. The zero-order valence-corrected chi connectivity index (χ0v) is 9.97. The maximum absolute atomic E-state index is 11.3. The van der Waals surface area contributed by atoms with Gasteiger partial charge >= 0.3 is 5.76 Å². The predicted octanol–water partition coefficient (Wildman–Crippen LogP) is 1.26. The molecule has 0 saturated heterocycles. The van der Waals surface area contributed by atoms with Crippen molar-refractivity contribution in [3.8, 4) is 6.07 Å². The average Bonchev–Trinajstić information content (AvgIpc) is 2.55. The molecule has 1 aromatic carbocycles. The van der Waals surface area contributed by atoms with Crippen LogP contribution in [0.1, 0.15) is 11.6 Å². The minimum absolute atomic E-state index is 0.343. The number of rotatable bonds is 2. The lowest BCUT2D eigenvalue weighted by atomic mass is 10.1. The van der Waals surface area contributed by atoms with Gasteiger partial charge in [0.25, 0.3) is 0 Å². The van der Waals surface area contributed by atoms with Gasteiger partial charge in [0.05, 0.1) is 11.6 Å². The Bertz CT molecular complexity index is 646. The first-order valence-corrected chi connectivity index (χ1v) is 5.20. The summed E-state index contributed by atoms with van der Waals surface area (Å²) in [5, 5.41) is 9.09. The fourth-order valence-electron chi connectivity index (χ4n) is 1.81. The fraction of sp³-hybridized carbons (Fsp3) is 0.333. The van der Waals surface area contributed by atoms with Gasteiger partial charge in [0.1, 0.15) is 6.04 Å². The number of benzene rings is 1. The van der Waals surface area contributed by atoms with Crippen molar-refractivity contribution in [1.82, 2.24) is 9.47 Å². The molecule has 0 amide bonds. The Hall–Kier alpha value is -2.06. The minimum Gasteiger partial charge on any atom is -0.408 e. The van der Waals surface area contributed by atoms with Crippen LogP contribution in [0.15, 0.2) is 27.4 Å². The Balaban J connectivity index is 2.59. The van der Waals surface area contributed by atoms with Crippen LogP contribution in [0, 0.1) is 11.3 Å². The highest BCUT2D eigenvalue weighted by Crippen LogP contribution is 2.21. The molecule has 0 spiro atoms. The van der Waals surface area contributed by atoms with E-state index in [-0.39, 0.29) is 6.04 Å². The van der Waals surface area contributed by atoms with E-state index in [9.17, 15) is 4.79 Å². The number of aryl methyl sites for hydroxylation is 1. The molecule has 2 rings (SSSR count). The molecule has 88 valence electrons. The highest BCUT2D eigenvalue weighted by Gasteiger charge is 2.15. The van der Waals surface area contributed by atoms with Gasteiger partial charge in [0, 0.05) is 7.05 Å². The Labute approximate surface area is 98.5 Å². The molecule has 0 saturated carbocycles. The van der Waals surface area contributed by atoms with Crippen molar-refractivity contribution in [2.45, 2.75) is 6.04 Å². The largest absolute Gasteiger partial charge is 0.419 e. The number of nitrogens with zero attached hydrogens (tertiary/aromatic N) is 3. The molecule has 0 fully saturated rings. The van der Waals surface area contributed by atoms with Gasteiger partial charge in [-0.2, -0.15) is 5.26 Å². The number of nitriles is 1. The van der Waals surface area contributed by atoms with Crippen LogP contribution in [-0.2, 0) is 7.05 Å². The fourth-order valence-corrected chi connectivity index (χ4v) is 1.81. The quantitative estimate of drug-likeness (QED) is 0.780. The van der Waals surface area contributed by atoms with Crippen LogP contribution >= 0.6 is 0 Å². The third kappa shape index (κ3) is 1.83. The lowest BCUT2D eigenvalue weighted by Crippen LogP contribution is -2.18. The van der Waals surface area contributed by atoms with Crippen LogP contribution in [0.2, 0.25) is 0 Å². The first kappa shape index (κ1) is 11.4. The van der Waals surface area contributed by atoms with E-state index >= 15 is 0 Å². The van der Waals surface area contributed by atoms with Gasteiger partial charge in [-0.15, -0.1) is 0 Å². The molecule has 0 radical (unpaired) electrons. The normalized spacial score (nSPS) is 12.9. The summed E-state index contributed by atoms with van der Waals surface area (Å²) in [4.78, 5) is 13.2. The lowest BCUT2D eigenvalue weighted by molar-refractivity contribution is 0.358. The molecule has 0 aliphatic heterocycles. The summed E-state index contributed by atoms with van der Waals surface area (Å²) in [5.41, 5.74) is 2.06. The van der Waals surface area contributed by atoms with Crippen LogP contribution < -0.4 is 5.76 Å². The van der Waals surface area contributed by atoms with Crippen LogP contribution in [-0.4, -0.2) is 23.6 Å². The van der Waals surface area contributed by atoms with Crippen molar-refractivity contribution >= 4 is 11.1 Å². The molecule has 5 nitrogen and oxygen atoms in total. The Kier molecular flexibility index (Phi) is 2.74. The molecule has 0 aliphatic rings. The zero-order chi connectivity index (χ0) is 12.6. The van der Waals surface area contributed by atoms with Crippen LogP contribution in [0.25, 0.3) is 11.1 Å². The van der Waals surface area contributed by atoms with E-state index in [1.54, 1.807) is 19.2 Å². The van der Waals surface area contributed by atoms with Crippen molar-refractivity contribution in [3.63, 3.8) is 0 Å². The maximum atomic E-state index is 11.3. The van der Waals surface area contributed by atoms with Crippen molar-refractivity contribution in [2.75, 3.05) is 14.1 Å². The highest BCUT2D eigenvalue weighted by atomic mass is 16.4. The zero-order valence-electron chi connectivity index (χ0n) is 9.97. The molecule has 1 unspecified atom stereocenters. The molecule has 1 atom stereocenters. The molecule has 0 aliphatic carbocycles. The topological polar surface area (TPSA) is 62.2 Å². The van der Waals surface area contributed by atoms with Gasteiger partial charge < -0.3 is 4.42 Å². The molecular formula is C12H13N3O2. The third-order valence-corrected chi connectivity index (χ3v) is 2.77. The summed E-state index contributed by atoms with van der Waals surface area (Å²) >= 11 is 0. The van der Waals surface area contributed by atoms with E-state index in [0.717, 1.165) is 11.1 Å². The van der Waals surface area contributed by atoms with Crippen molar-refractivity contribution < 1.29 is 4.42 Å². The third-order valence-electron chi connectivity index (χ3n) is 2.77. The van der Waals surface area contributed by atoms with Crippen LogP contribution in [0.3, 0.4) is 0 Å². The molecule has 2 aromatic rings. The number of oxazole rings is 1. The second kappa shape index (κ2) is 4.07. The maximum Gasteiger partial charge on any atom is 0.419 e. The summed E-state index contributed by atoms with van der Waals surface area (Å²) in [6.07, 6.45) is 0. The summed E-state index contributed by atoms with van der Waals surface area (Å²) in [7, 11) is 5.32. The summed E-state index contributed by atoms with van der Waals surface area (Å²) in [5.74, 6) is -0.393. The van der Waals surface area contributed by atoms with Gasteiger partial charge in [-0.1, -0.05) is 6.07 Å². The van der Waals surface area contributed by atoms with Crippen LogP contribution in [0.5, 0.6) is 0 Å². The van der Waals surface area contributed by atoms with Gasteiger partial charge in [0.15, 0.2) is 5.58 Å².